The third kappa shape index (κ3) is 27.1. The molecule has 0 atom stereocenters. The first kappa shape index (κ1) is 31.0. The summed E-state index contributed by atoms with van der Waals surface area (Å²) in [4.78, 5) is 11.8. The van der Waals surface area contributed by atoms with Crippen LogP contribution in [0.2, 0.25) is 0 Å². The van der Waals surface area contributed by atoms with Crippen LogP contribution in [0, 0.1) is 0 Å². The lowest BCUT2D eigenvalue weighted by Gasteiger charge is -2.07. The Morgan fingerprint density at radius 1 is 0.688 bits per heavy atom. The lowest BCUT2D eigenvalue weighted by Crippen LogP contribution is -2.27. The van der Waals surface area contributed by atoms with E-state index in [1.54, 1.807) is 0 Å². The summed E-state index contributed by atoms with van der Waals surface area (Å²) in [6.07, 6.45) is 21.8. The van der Waals surface area contributed by atoms with E-state index in [0.29, 0.717) is 52.6 Å². The van der Waals surface area contributed by atoms with Crippen molar-refractivity contribution in [3.8, 4) is 0 Å². The molecular weight excluding hydrogens is 406 g/mol. The first-order chi connectivity index (χ1) is 15.8. The van der Waals surface area contributed by atoms with Gasteiger partial charge in [-0.3, -0.25) is 4.79 Å². The van der Waals surface area contributed by atoms with Crippen molar-refractivity contribution in [2.45, 2.75) is 96.8 Å². The Morgan fingerprint density at radius 3 is 1.78 bits per heavy atom. The van der Waals surface area contributed by atoms with Crippen molar-refractivity contribution in [3.05, 3.63) is 12.2 Å². The maximum absolute atomic E-state index is 11.8. The van der Waals surface area contributed by atoms with Gasteiger partial charge in [-0.25, -0.2) is 0 Å². The van der Waals surface area contributed by atoms with Crippen molar-refractivity contribution in [1.82, 2.24) is 5.32 Å². The molecule has 0 radical (unpaired) electrons. The molecule has 1 amide bonds. The highest BCUT2D eigenvalue weighted by molar-refractivity contribution is 5.75. The summed E-state index contributed by atoms with van der Waals surface area (Å²) < 4.78 is 15.8. The molecule has 0 fully saturated rings. The van der Waals surface area contributed by atoms with E-state index in [1.165, 1.54) is 70.6 Å². The van der Waals surface area contributed by atoms with E-state index in [2.05, 4.69) is 24.4 Å². The molecule has 0 aliphatic rings. The van der Waals surface area contributed by atoms with Gasteiger partial charge in [0.25, 0.3) is 0 Å². The van der Waals surface area contributed by atoms with Crippen LogP contribution in [0.5, 0.6) is 0 Å². The van der Waals surface area contributed by atoms with Crippen LogP contribution in [0.15, 0.2) is 12.2 Å². The third-order valence-corrected chi connectivity index (χ3v) is 5.21. The van der Waals surface area contributed by atoms with Crippen LogP contribution in [0.25, 0.3) is 0 Å². The molecule has 0 heterocycles. The standard InChI is InChI=1S/C26H51NO5/c1-2-3-4-5-6-7-8-9-10-11-12-13-14-15-16-17-26(29)27-18-20-30-22-24-32-25-23-31-21-19-28/h9-10,28H,2-8,11-25H2,1H3,(H,27,29)/b10-9-. The molecular formula is C26H51NO5. The molecule has 0 unspecified atom stereocenters. The zero-order valence-corrected chi connectivity index (χ0v) is 20.8. The number of nitrogens with one attached hydrogen (secondary N) is 1. The summed E-state index contributed by atoms with van der Waals surface area (Å²) in [5.74, 6) is 0.114. The number of carbonyl (C=O) groups is 1. The fraction of sp³-hybridized carbons (Fsp3) is 0.885. The molecule has 0 aliphatic heterocycles. The molecule has 190 valence electrons. The zero-order chi connectivity index (χ0) is 23.4. The lowest BCUT2D eigenvalue weighted by molar-refractivity contribution is -0.121. The van der Waals surface area contributed by atoms with Gasteiger partial charge in [-0.05, 0) is 32.1 Å². The Kier molecular flexibility index (Phi) is 27.2. The van der Waals surface area contributed by atoms with E-state index in [4.69, 9.17) is 19.3 Å². The molecule has 0 bridgehead atoms. The van der Waals surface area contributed by atoms with Crippen LogP contribution < -0.4 is 5.32 Å². The number of rotatable bonds is 26. The van der Waals surface area contributed by atoms with E-state index in [0.717, 1.165) is 12.8 Å². The molecule has 2 N–H and O–H groups in total. The first-order valence-corrected chi connectivity index (χ1v) is 13.1. The predicted octanol–water partition coefficient (Wildman–Crippen LogP) is 5.18. The third-order valence-electron chi connectivity index (χ3n) is 5.21. The van der Waals surface area contributed by atoms with E-state index in [1.807, 2.05) is 0 Å². The van der Waals surface area contributed by atoms with Crippen LogP contribution in [0.4, 0.5) is 0 Å². The largest absolute Gasteiger partial charge is 0.394 e. The average molecular weight is 458 g/mol. The normalized spacial score (nSPS) is 11.4. The monoisotopic (exact) mass is 457 g/mol. The van der Waals surface area contributed by atoms with Crippen LogP contribution in [0.3, 0.4) is 0 Å². The molecule has 0 spiro atoms. The number of hydrogen-bond acceptors (Lipinski definition) is 5. The van der Waals surface area contributed by atoms with Crippen molar-refractivity contribution in [1.29, 1.82) is 0 Å². The summed E-state index contributed by atoms with van der Waals surface area (Å²) in [5.41, 5.74) is 0. The average Bonchev–Trinajstić information content (AvgIpc) is 2.80. The minimum atomic E-state index is 0.0338. The van der Waals surface area contributed by atoms with Crippen LogP contribution in [-0.4, -0.2) is 63.8 Å². The van der Waals surface area contributed by atoms with Crippen molar-refractivity contribution >= 4 is 5.91 Å². The first-order valence-electron chi connectivity index (χ1n) is 13.1. The topological polar surface area (TPSA) is 77.0 Å². The summed E-state index contributed by atoms with van der Waals surface area (Å²) in [6, 6.07) is 0. The molecule has 0 saturated carbocycles. The Balaban J connectivity index is 3.20. The van der Waals surface area contributed by atoms with Crippen LogP contribution in [0.1, 0.15) is 96.8 Å². The van der Waals surface area contributed by atoms with E-state index in [9.17, 15) is 4.79 Å². The highest BCUT2D eigenvalue weighted by atomic mass is 16.5. The number of carbonyl (C=O) groups excluding carboxylic acids is 1. The SMILES string of the molecule is CCCCCCCC/C=C\CCCCCCCC(=O)NCCOCCOCCOCCO. The van der Waals surface area contributed by atoms with Gasteiger partial charge in [0.1, 0.15) is 0 Å². The molecule has 0 aliphatic carbocycles. The second-order valence-electron chi connectivity index (χ2n) is 8.24. The molecule has 6 nitrogen and oxygen atoms in total. The van der Waals surface area contributed by atoms with Gasteiger partial charge in [-0.1, -0.05) is 70.4 Å². The van der Waals surface area contributed by atoms with E-state index >= 15 is 0 Å². The minimum absolute atomic E-state index is 0.0338. The Bertz CT molecular complexity index is 404. The van der Waals surface area contributed by atoms with Gasteiger partial charge in [0, 0.05) is 13.0 Å². The second-order valence-corrected chi connectivity index (χ2v) is 8.24. The fourth-order valence-corrected chi connectivity index (χ4v) is 3.31. The number of amides is 1. The van der Waals surface area contributed by atoms with E-state index < -0.39 is 0 Å². The van der Waals surface area contributed by atoms with Gasteiger partial charge in [0.2, 0.25) is 5.91 Å². The summed E-state index contributed by atoms with van der Waals surface area (Å²) >= 11 is 0. The number of aliphatic hydroxyl groups is 1. The summed E-state index contributed by atoms with van der Waals surface area (Å²) in [5, 5.41) is 11.5. The van der Waals surface area contributed by atoms with Crippen LogP contribution >= 0.6 is 0 Å². The number of unbranched alkanes of at least 4 members (excludes halogenated alkanes) is 11. The fourth-order valence-electron chi connectivity index (χ4n) is 3.31. The molecule has 6 heteroatoms. The number of aliphatic hydroxyl groups excluding tert-OH is 1. The lowest BCUT2D eigenvalue weighted by atomic mass is 10.1. The maximum atomic E-state index is 11.8. The van der Waals surface area contributed by atoms with Crippen molar-refractivity contribution in [3.63, 3.8) is 0 Å². The van der Waals surface area contributed by atoms with Gasteiger partial charge in [0.05, 0.1) is 46.2 Å². The van der Waals surface area contributed by atoms with Crippen molar-refractivity contribution in [2.24, 2.45) is 0 Å². The zero-order valence-electron chi connectivity index (χ0n) is 20.8. The Hall–Kier alpha value is -0.950. The highest BCUT2D eigenvalue weighted by Gasteiger charge is 2.00. The molecule has 0 aromatic heterocycles. The molecule has 32 heavy (non-hydrogen) atoms. The summed E-state index contributed by atoms with van der Waals surface area (Å²) in [7, 11) is 0. The van der Waals surface area contributed by atoms with Gasteiger partial charge in [-0.2, -0.15) is 0 Å². The Labute approximate surface area is 197 Å². The number of hydrogen-bond donors (Lipinski definition) is 2. The van der Waals surface area contributed by atoms with E-state index in [-0.39, 0.29) is 12.5 Å². The maximum Gasteiger partial charge on any atom is 0.220 e. The molecule has 0 aromatic rings. The predicted molar refractivity (Wildman–Crippen MR) is 132 cm³/mol. The second kappa shape index (κ2) is 28.1. The minimum Gasteiger partial charge on any atom is -0.394 e. The molecule has 0 aromatic carbocycles. The van der Waals surface area contributed by atoms with Crippen molar-refractivity contribution < 1.29 is 24.1 Å². The molecule has 0 saturated heterocycles. The Morgan fingerprint density at radius 2 is 1.19 bits per heavy atom. The van der Waals surface area contributed by atoms with Crippen molar-refractivity contribution in [2.75, 3.05) is 52.8 Å². The summed E-state index contributed by atoms with van der Waals surface area (Å²) in [6.45, 7) is 5.67. The van der Waals surface area contributed by atoms with Gasteiger partial charge in [-0.15, -0.1) is 0 Å². The van der Waals surface area contributed by atoms with Gasteiger partial charge in [0.15, 0.2) is 0 Å². The van der Waals surface area contributed by atoms with Crippen LogP contribution in [-0.2, 0) is 19.0 Å². The number of ether oxygens (including phenoxy) is 3. The number of allylic oxidation sites excluding steroid dienone is 2. The highest BCUT2D eigenvalue weighted by Crippen LogP contribution is 2.09. The quantitative estimate of drug-likeness (QED) is 0.138. The molecule has 0 rings (SSSR count). The van der Waals surface area contributed by atoms with Gasteiger partial charge < -0.3 is 24.6 Å². The smallest absolute Gasteiger partial charge is 0.220 e. The van der Waals surface area contributed by atoms with Gasteiger partial charge >= 0.3 is 0 Å².